The van der Waals surface area contributed by atoms with Crippen molar-refractivity contribution in [2.45, 2.75) is 32.6 Å². The van der Waals surface area contributed by atoms with Crippen molar-refractivity contribution in [2.75, 3.05) is 36.5 Å². The zero-order valence-electron chi connectivity index (χ0n) is 12.7. The molecule has 1 aliphatic carbocycles. The Morgan fingerprint density at radius 3 is 2.48 bits per heavy atom. The van der Waals surface area contributed by atoms with Gasteiger partial charge in [0.1, 0.15) is 17.5 Å². The van der Waals surface area contributed by atoms with Gasteiger partial charge in [-0.1, -0.05) is 6.92 Å². The molecular weight excluding hydrogens is 290 g/mol. The summed E-state index contributed by atoms with van der Waals surface area (Å²) >= 11 is 0. The first-order chi connectivity index (χ1) is 9.96. The normalized spacial score (nSPS) is 15.0. The van der Waals surface area contributed by atoms with Crippen molar-refractivity contribution in [1.82, 2.24) is 14.7 Å². The summed E-state index contributed by atoms with van der Waals surface area (Å²) in [6.45, 7) is 4.41. The lowest BCUT2D eigenvalue weighted by molar-refractivity contribution is 0.584. The average molecular weight is 313 g/mol. The second-order valence-electron chi connectivity index (χ2n) is 5.17. The molecule has 0 unspecified atom stereocenters. The first-order valence-electron chi connectivity index (χ1n) is 7.24. The predicted molar refractivity (Wildman–Crippen MR) is 84.2 cm³/mol. The maximum Gasteiger partial charge on any atom is 0.213 e. The molecule has 1 saturated carbocycles. The van der Waals surface area contributed by atoms with Crippen molar-refractivity contribution in [3.63, 3.8) is 0 Å². The molecule has 1 fully saturated rings. The summed E-state index contributed by atoms with van der Waals surface area (Å²) in [6.07, 6.45) is 2.25. The Kier molecular flexibility index (Phi) is 5.00. The van der Waals surface area contributed by atoms with Crippen molar-refractivity contribution >= 4 is 21.7 Å². The molecule has 8 heteroatoms. The summed E-state index contributed by atoms with van der Waals surface area (Å²) in [7, 11) is -1.39. The lowest BCUT2D eigenvalue weighted by Gasteiger charge is -2.13. The fraction of sp³-hybridized carbons (Fsp3) is 0.692. The van der Waals surface area contributed by atoms with Gasteiger partial charge in [-0.3, -0.25) is 0 Å². The van der Waals surface area contributed by atoms with Gasteiger partial charge in [0.05, 0.1) is 5.75 Å². The van der Waals surface area contributed by atoms with Crippen LogP contribution in [0.15, 0.2) is 0 Å². The molecule has 0 bridgehead atoms. The third-order valence-electron chi connectivity index (χ3n) is 3.37. The largest absolute Gasteiger partial charge is 0.373 e. The number of aromatic nitrogens is 2. The van der Waals surface area contributed by atoms with E-state index in [-0.39, 0.29) is 5.75 Å². The molecule has 1 aromatic heterocycles. The van der Waals surface area contributed by atoms with Crippen molar-refractivity contribution in [1.29, 1.82) is 0 Å². The molecule has 0 aromatic carbocycles. The van der Waals surface area contributed by atoms with Gasteiger partial charge in [-0.05, 0) is 19.8 Å². The Morgan fingerprint density at radius 2 is 1.90 bits per heavy atom. The third kappa shape index (κ3) is 4.28. The minimum absolute atomic E-state index is 0.0257. The number of hydrogen-bond donors (Lipinski definition) is 3. The molecule has 0 radical (unpaired) electrons. The van der Waals surface area contributed by atoms with E-state index in [2.05, 4.69) is 25.3 Å². The fourth-order valence-corrected chi connectivity index (χ4v) is 3.02. The SMILES string of the molecule is CCNS(=O)(=O)CCNc1nc(C2CC2)nc(NC)c1C. The summed E-state index contributed by atoms with van der Waals surface area (Å²) in [5, 5.41) is 6.18. The van der Waals surface area contributed by atoms with Gasteiger partial charge in [-0.25, -0.2) is 23.1 Å². The maximum absolute atomic E-state index is 11.6. The number of nitrogens with one attached hydrogen (secondary N) is 3. The first-order valence-corrected chi connectivity index (χ1v) is 8.89. The molecule has 1 aromatic rings. The molecule has 0 amide bonds. The van der Waals surface area contributed by atoms with Crippen molar-refractivity contribution in [2.24, 2.45) is 0 Å². The van der Waals surface area contributed by atoms with E-state index in [1.807, 2.05) is 14.0 Å². The Balaban J connectivity index is 2.07. The van der Waals surface area contributed by atoms with Gasteiger partial charge in [-0.2, -0.15) is 0 Å². The molecule has 21 heavy (non-hydrogen) atoms. The minimum Gasteiger partial charge on any atom is -0.373 e. The van der Waals surface area contributed by atoms with Crippen LogP contribution in [0.25, 0.3) is 0 Å². The predicted octanol–water partition coefficient (Wildman–Crippen LogP) is 1.06. The van der Waals surface area contributed by atoms with Gasteiger partial charge >= 0.3 is 0 Å². The highest BCUT2D eigenvalue weighted by Crippen LogP contribution is 2.39. The molecule has 0 atom stereocenters. The number of anilines is 2. The van der Waals surface area contributed by atoms with E-state index < -0.39 is 10.0 Å². The van der Waals surface area contributed by atoms with Crippen LogP contribution in [-0.2, 0) is 10.0 Å². The van der Waals surface area contributed by atoms with E-state index in [0.29, 0.717) is 24.8 Å². The summed E-state index contributed by atoms with van der Waals surface area (Å²) in [6, 6.07) is 0. The summed E-state index contributed by atoms with van der Waals surface area (Å²) in [4.78, 5) is 9.04. The number of hydrogen-bond acceptors (Lipinski definition) is 6. The van der Waals surface area contributed by atoms with Crippen LogP contribution in [0, 0.1) is 6.92 Å². The van der Waals surface area contributed by atoms with Gasteiger partial charge in [0.25, 0.3) is 0 Å². The molecule has 7 nitrogen and oxygen atoms in total. The van der Waals surface area contributed by atoms with Crippen LogP contribution in [-0.4, -0.2) is 44.3 Å². The average Bonchev–Trinajstić information content (AvgIpc) is 3.25. The van der Waals surface area contributed by atoms with E-state index in [9.17, 15) is 8.42 Å². The van der Waals surface area contributed by atoms with Crippen LogP contribution in [0.5, 0.6) is 0 Å². The van der Waals surface area contributed by atoms with E-state index >= 15 is 0 Å². The Hall–Kier alpha value is -1.41. The maximum atomic E-state index is 11.6. The second-order valence-corrected chi connectivity index (χ2v) is 7.10. The molecular formula is C13H23N5O2S. The Morgan fingerprint density at radius 1 is 1.24 bits per heavy atom. The standard InChI is InChI=1S/C13H23N5O2S/c1-4-16-21(19,20)8-7-15-12-9(2)11(14-3)17-13(18-12)10-5-6-10/h10,16H,4-8H2,1-3H3,(H2,14,15,17,18). The van der Waals surface area contributed by atoms with Crippen molar-refractivity contribution in [3.05, 3.63) is 11.4 Å². The van der Waals surface area contributed by atoms with Crippen LogP contribution < -0.4 is 15.4 Å². The van der Waals surface area contributed by atoms with Crippen LogP contribution in [0.1, 0.15) is 37.1 Å². The van der Waals surface area contributed by atoms with Crippen molar-refractivity contribution < 1.29 is 8.42 Å². The molecule has 1 heterocycles. The monoisotopic (exact) mass is 313 g/mol. The van der Waals surface area contributed by atoms with Crippen molar-refractivity contribution in [3.8, 4) is 0 Å². The molecule has 0 spiro atoms. The number of rotatable bonds is 8. The van der Waals surface area contributed by atoms with Gasteiger partial charge in [0.15, 0.2) is 0 Å². The lowest BCUT2D eigenvalue weighted by atomic mass is 10.2. The van der Waals surface area contributed by atoms with Crippen LogP contribution in [0.4, 0.5) is 11.6 Å². The van der Waals surface area contributed by atoms with E-state index in [1.54, 1.807) is 6.92 Å². The smallest absolute Gasteiger partial charge is 0.213 e. The fourth-order valence-electron chi connectivity index (χ4n) is 2.07. The molecule has 118 valence electrons. The summed E-state index contributed by atoms with van der Waals surface area (Å²) in [5.74, 6) is 2.82. The van der Waals surface area contributed by atoms with Crippen LogP contribution in [0.3, 0.4) is 0 Å². The second kappa shape index (κ2) is 6.57. The lowest BCUT2D eigenvalue weighted by Crippen LogP contribution is -2.29. The highest BCUT2D eigenvalue weighted by atomic mass is 32.2. The molecule has 1 aliphatic rings. The van der Waals surface area contributed by atoms with Gasteiger partial charge in [0.2, 0.25) is 10.0 Å². The zero-order chi connectivity index (χ0) is 15.5. The highest BCUT2D eigenvalue weighted by molar-refractivity contribution is 7.89. The topological polar surface area (TPSA) is 96.0 Å². The summed E-state index contributed by atoms with van der Waals surface area (Å²) in [5.41, 5.74) is 0.905. The van der Waals surface area contributed by atoms with E-state index in [4.69, 9.17) is 0 Å². The first kappa shape index (κ1) is 16.0. The molecule has 0 aliphatic heterocycles. The zero-order valence-corrected chi connectivity index (χ0v) is 13.5. The van der Waals surface area contributed by atoms with Gasteiger partial charge in [-0.15, -0.1) is 0 Å². The Bertz CT molecular complexity index is 599. The number of sulfonamides is 1. The highest BCUT2D eigenvalue weighted by Gasteiger charge is 2.28. The molecule has 2 rings (SSSR count). The quantitative estimate of drug-likeness (QED) is 0.664. The van der Waals surface area contributed by atoms with Gasteiger partial charge < -0.3 is 10.6 Å². The van der Waals surface area contributed by atoms with E-state index in [1.165, 1.54) is 0 Å². The Labute approximate surface area is 126 Å². The van der Waals surface area contributed by atoms with E-state index in [0.717, 1.165) is 30.0 Å². The molecule has 0 saturated heterocycles. The summed E-state index contributed by atoms with van der Waals surface area (Å²) < 4.78 is 25.7. The van der Waals surface area contributed by atoms with Gasteiger partial charge in [0, 0.05) is 31.6 Å². The minimum atomic E-state index is -3.22. The van der Waals surface area contributed by atoms with Crippen LogP contribution >= 0.6 is 0 Å². The third-order valence-corrected chi connectivity index (χ3v) is 4.84. The van der Waals surface area contributed by atoms with Crippen LogP contribution in [0.2, 0.25) is 0 Å². The number of nitrogens with zero attached hydrogens (tertiary/aromatic N) is 2. The molecule has 3 N–H and O–H groups in total.